The second kappa shape index (κ2) is 11.1. The number of hydrogen-bond donors (Lipinski definition) is 2. The Balaban J connectivity index is 2.30. The van der Waals surface area contributed by atoms with Crippen LogP contribution in [0.2, 0.25) is 0 Å². The number of ether oxygens (including phenoxy) is 2. The summed E-state index contributed by atoms with van der Waals surface area (Å²) in [4.78, 5) is 49.0. The molecule has 0 aromatic carbocycles. The lowest BCUT2D eigenvalue weighted by Crippen LogP contribution is -2.30. The van der Waals surface area contributed by atoms with Crippen LogP contribution in [0.3, 0.4) is 0 Å². The van der Waals surface area contributed by atoms with E-state index in [1.165, 1.54) is 31.8 Å². The number of methoxy groups -OCH3 is 2. The number of amides is 2. The van der Waals surface area contributed by atoms with E-state index in [0.29, 0.717) is 24.3 Å². The summed E-state index contributed by atoms with van der Waals surface area (Å²) in [6.07, 6.45) is -0.307. The van der Waals surface area contributed by atoms with Crippen LogP contribution in [0.1, 0.15) is 39.8 Å². The molecule has 3 aromatic heterocycles. The number of carbonyl (C=O) groups is 3. The highest BCUT2D eigenvalue weighted by molar-refractivity contribution is 7.13. The van der Waals surface area contributed by atoms with Crippen molar-refractivity contribution in [3.8, 4) is 21.7 Å². The Morgan fingerprint density at radius 3 is 2.42 bits per heavy atom. The van der Waals surface area contributed by atoms with Crippen molar-refractivity contribution in [2.24, 2.45) is 0 Å². The first-order chi connectivity index (χ1) is 17.1. The highest BCUT2D eigenvalue weighted by Crippen LogP contribution is 2.41. The predicted molar refractivity (Wildman–Crippen MR) is 124 cm³/mol. The van der Waals surface area contributed by atoms with E-state index in [1.807, 2.05) is 6.92 Å². The average molecular weight is 523 g/mol. The molecule has 0 bridgehead atoms. The van der Waals surface area contributed by atoms with Crippen molar-refractivity contribution in [2.45, 2.75) is 19.5 Å². The maximum absolute atomic E-state index is 13.3. The van der Waals surface area contributed by atoms with Gasteiger partial charge in [-0.1, -0.05) is 6.92 Å². The standard InChI is InChI=1S/C22H20F3N5O5S/c1-4-5-27-21(33)30-17-16(20(32)35-3)15(18-29-14(10-36-18)22(23,24)25)13(9-28-17)11-6-12(8-26-7-11)19(31)34-2/h6-10H,4-5H2,1-3H3,(H2,27,28,30,33). The van der Waals surface area contributed by atoms with Crippen LogP contribution in [-0.4, -0.2) is 53.7 Å². The number of hydrogen-bond acceptors (Lipinski definition) is 9. The van der Waals surface area contributed by atoms with Gasteiger partial charge < -0.3 is 14.8 Å². The molecule has 0 unspecified atom stereocenters. The Morgan fingerprint density at radius 1 is 1.08 bits per heavy atom. The molecule has 36 heavy (non-hydrogen) atoms. The SMILES string of the molecule is CCCNC(=O)Nc1ncc(-c2cncc(C(=O)OC)c2)c(-c2nc(C(F)(F)F)cs2)c1C(=O)OC. The van der Waals surface area contributed by atoms with Crippen LogP contribution < -0.4 is 10.6 Å². The van der Waals surface area contributed by atoms with Crippen LogP contribution in [0.5, 0.6) is 0 Å². The van der Waals surface area contributed by atoms with Gasteiger partial charge in [-0.05, 0) is 12.5 Å². The first-order valence-corrected chi connectivity index (χ1v) is 11.2. The van der Waals surface area contributed by atoms with Crippen molar-refractivity contribution in [1.82, 2.24) is 20.3 Å². The summed E-state index contributed by atoms with van der Waals surface area (Å²) in [7, 11) is 2.25. The average Bonchev–Trinajstić information content (AvgIpc) is 3.37. The third-order valence-electron chi connectivity index (χ3n) is 4.71. The number of alkyl halides is 3. The van der Waals surface area contributed by atoms with E-state index in [4.69, 9.17) is 9.47 Å². The quantitative estimate of drug-likeness (QED) is 0.436. The van der Waals surface area contributed by atoms with Crippen LogP contribution in [-0.2, 0) is 15.7 Å². The van der Waals surface area contributed by atoms with Crippen molar-refractivity contribution in [3.63, 3.8) is 0 Å². The number of nitrogens with one attached hydrogen (secondary N) is 2. The third-order valence-corrected chi connectivity index (χ3v) is 5.57. The molecule has 0 radical (unpaired) electrons. The molecule has 2 N–H and O–H groups in total. The molecule has 190 valence electrons. The summed E-state index contributed by atoms with van der Waals surface area (Å²) in [6, 6.07) is 0.692. The number of rotatable bonds is 7. The Kier molecular flexibility index (Phi) is 8.19. The Labute approximate surface area is 206 Å². The second-order valence-electron chi connectivity index (χ2n) is 7.13. The molecule has 3 aromatic rings. The van der Waals surface area contributed by atoms with Crippen molar-refractivity contribution < 1.29 is 37.0 Å². The minimum absolute atomic E-state index is 0.0526. The monoisotopic (exact) mass is 523 g/mol. The summed E-state index contributed by atoms with van der Waals surface area (Å²) in [5.74, 6) is -1.94. The predicted octanol–water partition coefficient (Wildman–Crippen LogP) is 4.39. The molecule has 0 saturated carbocycles. The Hall–Kier alpha value is -4.07. The van der Waals surface area contributed by atoms with E-state index in [9.17, 15) is 27.6 Å². The van der Waals surface area contributed by atoms with Gasteiger partial charge in [-0.3, -0.25) is 10.3 Å². The summed E-state index contributed by atoms with van der Waals surface area (Å²) in [5, 5.41) is 5.59. The van der Waals surface area contributed by atoms with Crippen LogP contribution >= 0.6 is 11.3 Å². The van der Waals surface area contributed by atoms with Crippen LogP contribution in [0.4, 0.5) is 23.8 Å². The number of urea groups is 1. The van der Waals surface area contributed by atoms with Gasteiger partial charge >= 0.3 is 24.1 Å². The van der Waals surface area contributed by atoms with Gasteiger partial charge in [0.25, 0.3) is 0 Å². The Bertz CT molecular complexity index is 1300. The third kappa shape index (κ3) is 5.76. The number of aromatic nitrogens is 3. The molecule has 0 fully saturated rings. The van der Waals surface area contributed by atoms with Crippen molar-refractivity contribution >= 4 is 35.1 Å². The lowest BCUT2D eigenvalue weighted by Gasteiger charge is -2.16. The van der Waals surface area contributed by atoms with E-state index in [2.05, 4.69) is 25.6 Å². The zero-order valence-electron chi connectivity index (χ0n) is 19.2. The van der Waals surface area contributed by atoms with E-state index >= 15 is 0 Å². The summed E-state index contributed by atoms with van der Waals surface area (Å²) in [5.41, 5.74) is -1.18. The molecular weight excluding hydrogens is 503 g/mol. The van der Waals surface area contributed by atoms with Gasteiger partial charge in [0, 0.05) is 47.2 Å². The maximum Gasteiger partial charge on any atom is 0.434 e. The number of halogens is 3. The highest BCUT2D eigenvalue weighted by atomic mass is 32.1. The first kappa shape index (κ1) is 26.5. The fourth-order valence-corrected chi connectivity index (χ4v) is 3.96. The summed E-state index contributed by atoms with van der Waals surface area (Å²) in [6.45, 7) is 2.17. The molecular formula is C22H20F3N5O5S. The van der Waals surface area contributed by atoms with Gasteiger partial charge in [-0.25, -0.2) is 24.4 Å². The maximum atomic E-state index is 13.3. The fraction of sp³-hybridized carbons (Fsp3) is 0.273. The van der Waals surface area contributed by atoms with Gasteiger partial charge in [0.2, 0.25) is 0 Å². The van der Waals surface area contributed by atoms with Gasteiger partial charge in [0.1, 0.15) is 16.4 Å². The zero-order valence-corrected chi connectivity index (χ0v) is 20.0. The van der Waals surface area contributed by atoms with Crippen LogP contribution in [0.25, 0.3) is 21.7 Å². The lowest BCUT2D eigenvalue weighted by atomic mass is 9.97. The summed E-state index contributed by atoms with van der Waals surface area (Å²) < 4.78 is 49.5. The van der Waals surface area contributed by atoms with Gasteiger partial charge in [0.15, 0.2) is 5.69 Å². The minimum Gasteiger partial charge on any atom is -0.465 e. The molecule has 2 amide bonds. The second-order valence-corrected chi connectivity index (χ2v) is 7.99. The number of pyridine rings is 2. The van der Waals surface area contributed by atoms with Crippen LogP contribution in [0, 0.1) is 0 Å². The molecule has 0 aliphatic heterocycles. The summed E-state index contributed by atoms with van der Waals surface area (Å²) >= 11 is 0.630. The largest absolute Gasteiger partial charge is 0.465 e. The first-order valence-electron chi connectivity index (χ1n) is 10.3. The lowest BCUT2D eigenvalue weighted by molar-refractivity contribution is -0.140. The molecule has 14 heteroatoms. The van der Waals surface area contributed by atoms with Gasteiger partial charge in [0.05, 0.1) is 19.8 Å². The molecule has 3 heterocycles. The molecule has 0 saturated heterocycles. The van der Waals surface area contributed by atoms with Crippen molar-refractivity contribution in [3.05, 3.63) is 46.9 Å². The minimum atomic E-state index is -4.74. The molecule has 0 aliphatic carbocycles. The molecule has 3 rings (SSSR count). The smallest absolute Gasteiger partial charge is 0.434 e. The van der Waals surface area contributed by atoms with E-state index < -0.39 is 29.8 Å². The van der Waals surface area contributed by atoms with E-state index in [-0.39, 0.29) is 38.6 Å². The molecule has 0 spiro atoms. The molecule has 0 aliphatic rings. The molecule has 10 nitrogen and oxygen atoms in total. The highest BCUT2D eigenvalue weighted by Gasteiger charge is 2.35. The number of nitrogens with zero attached hydrogens (tertiary/aromatic N) is 3. The number of esters is 2. The normalized spacial score (nSPS) is 11.1. The van der Waals surface area contributed by atoms with Crippen LogP contribution in [0.15, 0.2) is 30.0 Å². The topological polar surface area (TPSA) is 132 Å². The number of thiazole rings is 1. The zero-order chi connectivity index (χ0) is 26.5. The van der Waals surface area contributed by atoms with E-state index in [1.54, 1.807) is 0 Å². The van der Waals surface area contributed by atoms with Crippen molar-refractivity contribution in [1.29, 1.82) is 0 Å². The molecule has 0 atom stereocenters. The Morgan fingerprint density at radius 2 is 1.81 bits per heavy atom. The van der Waals surface area contributed by atoms with Gasteiger partial charge in [-0.15, -0.1) is 11.3 Å². The number of anilines is 1. The fourth-order valence-electron chi connectivity index (χ4n) is 3.07. The van der Waals surface area contributed by atoms with E-state index in [0.717, 1.165) is 12.5 Å². The van der Waals surface area contributed by atoms with Crippen molar-refractivity contribution in [2.75, 3.05) is 26.1 Å². The van der Waals surface area contributed by atoms with Gasteiger partial charge in [-0.2, -0.15) is 13.2 Å². The number of carbonyl (C=O) groups excluding carboxylic acids is 3.